The van der Waals surface area contributed by atoms with Gasteiger partial charge in [0, 0.05) is 28.7 Å². The maximum atomic E-state index is 12.4. The fraction of sp³-hybridized carbons (Fsp3) is 0.174. The molecule has 3 aromatic rings. The molecule has 0 unspecified atom stereocenters. The number of ether oxygens (including phenoxy) is 1. The highest BCUT2D eigenvalue weighted by Gasteiger charge is 2.19. The standard InChI is InChI=1S/C23H21Cl2N3O3/c1-4-20(29)26-12-21(30)28(3)18-11-10-17(24)16(22(18)25)13-31-19-7-5-6-15-9-8-14(2)27-23(15)19/h4-11H,1,12-13H2,2-3H3,(H,26,29). The number of pyridine rings is 1. The highest BCUT2D eigenvalue weighted by atomic mass is 35.5. The number of benzene rings is 2. The second-order valence-electron chi connectivity index (χ2n) is 6.80. The van der Waals surface area contributed by atoms with Gasteiger partial charge in [-0.05, 0) is 37.3 Å². The van der Waals surface area contributed by atoms with Crippen molar-refractivity contribution in [2.24, 2.45) is 0 Å². The highest BCUT2D eigenvalue weighted by molar-refractivity contribution is 6.38. The number of anilines is 1. The molecule has 0 bridgehead atoms. The predicted octanol–water partition coefficient (Wildman–Crippen LogP) is 4.69. The first kappa shape index (κ1) is 22.6. The van der Waals surface area contributed by atoms with Crippen LogP contribution in [0.2, 0.25) is 10.0 Å². The van der Waals surface area contributed by atoms with Crippen molar-refractivity contribution in [3.05, 3.63) is 76.4 Å². The minimum absolute atomic E-state index is 0.0927. The van der Waals surface area contributed by atoms with Crippen molar-refractivity contribution in [1.82, 2.24) is 10.3 Å². The zero-order valence-corrected chi connectivity index (χ0v) is 18.6. The number of fused-ring (bicyclic) bond motifs is 1. The Morgan fingerprint density at radius 2 is 1.97 bits per heavy atom. The maximum absolute atomic E-state index is 12.4. The zero-order chi connectivity index (χ0) is 22.5. The Balaban J connectivity index is 1.83. The van der Waals surface area contributed by atoms with Crippen LogP contribution >= 0.6 is 23.2 Å². The van der Waals surface area contributed by atoms with Crippen LogP contribution in [0.3, 0.4) is 0 Å². The van der Waals surface area contributed by atoms with Crippen LogP contribution in [-0.4, -0.2) is 30.4 Å². The van der Waals surface area contributed by atoms with E-state index in [-0.39, 0.29) is 19.1 Å². The summed E-state index contributed by atoms with van der Waals surface area (Å²) in [6, 6.07) is 12.9. The molecule has 0 aliphatic rings. The van der Waals surface area contributed by atoms with Crippen LogP contribution < -0.4 is 15.0 Å². The lowest BCUT2D eigenvalue weighted by Gasteiger charge is -2.21. The van der Waals surface area contributed by atoms with Gasteiger partial charge in [0.1, 0.15) is 17.9 Å². The molecule has 0 atom stereocenters. The van der Waals surface area contributed by atoms with E-state index in [4.69, 9.17) is 27.9 Å². The number of aromatic nitrogens is 1. The molecular weight excluding hydrogens is 437 g/mol. The van der Waals surface area contributed by atoms with Gasteiger partial charge < -0.3 is 15.0 Å². The van der Waals surface area contributed by atoms with Crippen molar-refractivity contribution < 1.29 is 14.3 Å². The number of likely N-dealkylation sites (N-methyl/N-ethyl adjacent to an activating group) is 1. The molecule has 160 valence electrons. The minimum atomic E-state index is -0.433. The Bertz CT molecular complexity index is 1160. The summed E-state index contributed by atoms with van der Waals surface area (Å²) in [5, 5.41) is 4.12. The van der Waals surface area contributed by atoms with Gasteiger partial charge in [-0.3, -0.25) is 9.59 Å². The Morgan fingerprint density at radius 1 is 1.19 bits per heavy atom. The van der Waals surface area contributed by atoms with E-state index in [0.29, 0.717) is 27.0 Å². The molecule has 31 heavy (non-hydrogen) atoms. The summed E-state index contributed by atoms with van der Waals surface area (Å²) >= 11 is 12.9. The third kappa shape index (κ3) is 5.16. The van der Waals surface area contributed by atoms with E-state index >= 15 is 0 Å². The van der Waals surface area contributed by atoms with Crippen LogP contribution in [0.15, 0.2) is 55.1 Å². The average molecular weight is 458 g/mol. The summed E-state index contributed by atoms with van der Waals surface area (Å²) in [7, 11) is 1.57. The fourth-order valence-electron chi connectivity index (χ4n) is 2.95. The molecule has 2 amide bonds. The molecule has 0 fully saturated rings. The molecule has 0 aliphatic heterocycles. The SMILES string of the molecule is C=CC(=O)NCC(=O)N(C)c1ccc(Cl)c(COc2cccc3ccc(C)nc23)c1Cl. The van der Waals surface area contributed by atoms with E-state index in [1.54, 1.807) is 19.2 Å². The molecule has 1 aromatic heterocycles. The number of nitrogens with zero attached hydrogens (tertiary/aromatic N) is 2. The number of hydrogen-bond donors (Lipinski definition) is 1. The van der Waals surface area contributed by atoms with Crippen LogP contribution in [0.25, 0.3) is 10.9 Å². The van der Waals surface area contributed by atoms with E-state index in [1.807, 2.05) is 37.3 Å². The molecule has 1 N–H and O–H groups in total. The Morgan fingerprint density at radius 3 is 2.71 bits per heavy atom. The van der Waals surface area contributed by atoms with Crippen LogP contribution in [-0.2, 0) is 16.2 Å². The van der Waals surface area contributed by atoms with E-state index in [1.165, 1.54) is 4.90 Å². The van der Waals surface area contributed by atoms with Crippen LogP contribution in [0, 0.1) is 6.92 Å². The predicted molar refractivity (Wildman–Crippen MR) is 124 cm³/mol. The van der Waals surface area contributed by atoms with Gasteiger partial charge in [0.05, 0.1) is 17.3 Å². The summed E-state index contributed by atoms with van der Waals surface area (Å²) < 4.78 is 6.01. The molecule has 0 saturated heterocycles. The van der Waals surface area contributed by atoms with Crippen LogP contribution in [0.4, 0.5) is 5.69 Å². The number of para-hydroxylation sites is 1. The van der Waals surface area contributed by atoms with Crippen molar-refractivity contribution in [1.29, 1.82) is 0 Å². The highest BCUT2D eigenvalue weighted by Crippen LogP contribution is 2.35. The third-order valence-electron chi connectivity index (χ3n) is 4.69. The van der Waals surface area contributed by atoms with Gasteiger partial charge in [0.25, 0.3) is 0 Å². The Kier molecular flexibility index (Phi) is 7.15. The molecule has 0 radical (unpaired) electrons. The number of amides is 2. The number of carbonyl (C=O) groups is 2. The number of carbonyl (C=O) groups excluding carboxylic acids is 2. The number of rotatable bonds is 7. The smallest absolute Gasteiger partial charge is 0.246 e. The minimum Gasteiger partial charge on any atom is -0.487 e. The molecule has 0 spiro atoms. The average Bonchev–Trinajstić information content (AvgIpc) is 2.76. The van der Waals surface area contributed by atoms with E-state index < -0.39 is 5.91 Å². The first-order valence-corrected chi connectivity index (χ1v) is 10.2. The largest absolute Gasteiger partial charge is 0.487 e. The number of aryl methyl sites for hydroxylation is 1. The summed E-state index contributed by atoms with van der Waals surface area (Å²) in [6.07, 6.45) is 1.10. The quantitative estimate of drug-likeness (QED) is 0.522. The molecule has 0 saturated carbocycles. The molecule has 2 aromatic carbocycles. The van der Waals surface area contributed by atoms with Gasteiger partial charge >= 0.3 is 0 Å². The van der Waals surface area contributed by atoms with Crippen molar-refractivity contribution in [2.75, 3.05) is 18.5 Å². The summed E-state index contributed by atoms with van der Waals surface area (Å²) in [5.41, 5.74) is 2.62. The van der Waals surface area contributed by atoms with Gasteiger partial charge in [-0.2, -0.15) is 0 Å². The van der Waals surface area contributed by atoms with Gasteiger partial charge in [-0.1, -0.05) is 48.0 Å². The molecule has 0 aliphatic carbocycles. The molecule has 1 heterocycles. The zero-order valence-electron chi connectivity index (χ0n) is 17.1. The first-order chi connectivity index (χ1) is 14.8. The lowest BCUT2D eigenvalue weighted by Crippen LogP contribution is -2.37. The Hall–Kier alpha value is -3.09. The van der Waals surface area contributed by atoms with Crippen molar-refractivity contribution in [3.63, 3.8) is 0 Å². The van der Waals surface area contributed by atoms with Gasteiger partial charge in [0.15, 0.2) is 0 Å². The van der Waals surface area contributed by atoms with E-state index in [0.717, 1.165) is 22.7 Å². The van der Waals surface area contributed by atoms with E-state index in [2.05, 4.69) is 16.9 Å². The molecule has 3 rings (SSSR count). The summed E-state index contributed by atoms with van der Waals surface area (Å²) in [4.78, 5) is 29.6. The van der Waals surface area contributed by atoms with Crippen LogP contribution in [0.5, 0.6) is 5.75 Å². The van der Waals surface area contributed by atoms with Crippen molar-refractivity contribution >= 4 is 51.6 Å². The van der Waals surface area contributed by atoms with Gasteiger partial charge in [-0.15, -0.1) is 0 Å². The maximum Gasteiger partial charge on any atom is 0.246 e. The number of halogens is 2. The number of hydrogen-bond acceptors (Lipinski definition) is 4. The van der Waals surface area contributed by atoms with Gasteiger partial charge in [0.2, 0.25) is 11.8 Å². The van der Waals surface area contributed by atoms with E-state index in [9.17, 15) is 9.59 Å². The first-order valence-electron chi connectivity index (χ1n) is 9.44. The summed E-state index contributed by atoms with van der Waals surface area (Å²) in [6.45, 7) is 5.17. The molecule has 6 nitrogen and oxygen atoms in total. The second-order valence-corrected chi connectivity index (χ2v) is 7.59. The monoisotopic (exact) mass is 457 g/mol. The third-order valence-corrected chi connectivity index (χ3v) is 5.47. The van der Waals surface area contributed by atoms with Gasteiger partial charge in [-0.25, -0.2) is 4.98 Å². The lowest BCUT2D eigenvalue weighted by atomic mass is 10.1. The normalized spacial score (nSPS) is 10.6. The van der Waals surface area contributed by atoms with Crippen LogP contribution in [0.1, 0.15) is 11.3 Å². The fourth-order valence-corrected chi connectivity index (χ4v) is 3.55. The Labute approximate surface area is 190 Å². The molecule has 8 heteroatoms. The number of nitrogens with one attached hydrogen (secondary N) is 1. The topological polar surface area (TPSA) is 71.5 Å². The molecular formula is C23H21Cl2N3O3. The summed E-state index contributed by atoms with van der Waals surface area (Å²) in [5.74, 6) is -0.174. The van der Waals surface area contributed by atoms with Crippen molar-refractivity contribution in [2.45, 2.75) is 13.5 Å². The van der Waals surface area contributed by atoms with Crippen molar-refractivity contribution in [3.8, 4) is 5.75 Å². The lowest BCUT2D eigenvalue weighted by molar-refractivity contribution is -0.122. The second kappa shape index (κ2) is 9.81.